The van der Waals surface area contributed by atoms with E-state index in [1.165, 1.54) is 22.0 Å². The molecule has 2 N–H and O–H groups in total. The van der Waals surface area contributed by atoms with Crippen LogP contribution in [0.3, 0.4) is 0 Å². The number of benzene rings is 3. The smallest absolute Gasteiger partial charge is 0.228 e. The van der Waals surface area contributed by atoms with Crippen LogP contribution in [-0.2, 0) is 11.3 Å². The van der Waals surface area contributed by atoms with Gasteiger partial charge in [0, 0.05) is 35.2 Å². The third kappa shape index (κ3) is 4.70. The summed E-state index contributed by atoms with van der Waals surface area (Å²) in [5.41, 5.74) is 5.53. The van der Waals surface area contributed by atoms with Gasteiger partial charge in [-0.05, 0) is 47.6 Å². The van der Waals surface area contributed by atoms with E-state index < -0.39 is 6.04 Å². The zero-order valence-corrected chi connectivity index (χ0v) is 21.5. The summed E-state index contributed by atoms with van der Waals surface area (Å²) in [6, 6.07) is 28.4. The van der Waals surface area contributed by atoms with E-state index >= 15 is 0 Å². The standard InChI is InChI=1S/C33H33N3O2/c37-22-29(24-8-2-1-3-9-24)35-33(38)32(25-10-4-5-11-25)26-16-14-23(15-17-26)21-36-30-13-7-6-12-27(30)28-20-34-19-18-31(28)36/h1-3,6-9,12-20,25,29,32,37H,4-5,10-11,21-22H2,(H,35,38). The maximum Gasteiger partial charge on any atom is 0.228 e. The first-order chi connectivity index (χ1) is 18.7. The molecular formula is C33H33N3O2. The zero-order chi connectivity index (χ0) is 25.9. The van der Waals surface area contributed by atoms with E-state index in [1.54, 1.807) is 0 Å². The van der Waals surface area contributed by atoms with Crippen molar-refractivity contribution in [2.75, 3.05) is 6.61 Å². The second-order valence-electron chi connectivity index (χ2n) is 10.4. The molecule has 1 aliphatic carbocycles. The minimum Gasteiger partial charge on any atom is -0.394 e. The predicted molar refractivity (Wildman–Crippen MR) is 152 cm³/mol. The maximum absolute atomic E-state index is 13.7. The molecule has 192 valence electrons. The number of hydrogen-bond donors (Lipinski definition) is 2. The highest BCUT2D eigenvalue weighted by molar-refractivity contribution is 6.07. The summed E-state index contributed by atoms with van der Waals surface area (Å²) in [6.45, 7) is 0.621. The summed E-state index contributed by atoms with van der Waals surface area (Å²) in [4.78, 5) is 18.0. The summed E-state index contributed by atoms with van der Waals surface area (Å²) in [6.07, 6.45) is 8.24. The summed E-state index contributed by atoms with van der Waals surface area (Å²) in [5.74, 6) is 0.104. The van der Waals surface area contributed by atoms with Gasteiger partial charge in [0.25, 0.3) is 0 Å². The van der Waals surface area contributed by atoms with Crippen LogP contribution in [0.15, 0.2) is 97.3 Å². The molecule has 1 aliphatic rings. The molecule has 0 saturated heterocycles. The molecule has 0 spiro atoms. The van der Waals surface area contributed by atoms with Gasteiger partial charge in [-0.15, -0.1) is 0 Å². The Morgan fingerprint density at radius 1 is 0.868 bits per heavy atom. The van der Waals surface area contributed by atoms with Gasteiger partial charge in [0.05, 0.1) is 24.1 Å². The molecule has 0 aliphatic heterocycles. The predicted octanol–water partition coefficient (Wildman–Crippen LogP) is 6.36. The Kier molecular flexibility index (Phi) is 6.93. The average molecular weight is 504 g/mol. The number of aliphatic hydroxyl groups excluding tert-OH is 1. The zero-order valence-electron chi connectivity index (χ0n) is 21.5. The topological polar surface area (TPSA) is 67.2 Å². The number of pyridine rings is 1. The van der Waals surface area contributed by atoms with E-state index in [0.717, 1.165) is 48.7 Å². The highest BCUT2D eigenvalue weighted by Crippen LogP contribution is 2.38. The molecule has 1 fully saturated rings. The summed E-state index contributed by atoms with van der Waals surface area (Å²) in [7, 11) is 0. The minimum absolute atomic E-state index is 0.00227. The van der Waals surface area contributed by atoms with Gasteiger partial charge in [-0.25, -0.2) is 0 Å². The monoisotopic (exact) mass is 503 g/mol. The number of rotatable bonds is 8. The van der Waals surface area contributed by atoms with Crippen LogP contribution >= 0.6 is 0 Å². The SMILES string of the molecule is O=C(NC(CO)c1ccccc1)C(c1ccc(Cn2c3ccccc3c3cnccc32)cc1)C1CCCC1. The Bertz CT molecular complexity index is 1480. The molecule has 38 heavy (non-hydrogen) atoms. The number of para-hydroxylation sites is 1. The van der Waals surface area contributed by atoms with Crippen LogP contribution in [0, 0.1) is 5.92 Å². The fourth-order valence-electron chi connectivity index (χ4n) is 6.19. The van der Waals surface area contributed by atoms with Crippen molar-refractivity contribution in [2.45, 2.75) is 44.2 Å². The first-order valence-corrected chi connectivity index (χ1v) is 13.6. The quantitative estimate of drug-likeness (QED) is 0.259. The summed E-state index contributed by atoms with van der Waals surface area (Å²) < 4.78 is 2.34. The van der Waals surface area contributed by atoms with Gasteiger partial charge in [-0.1, -0.05) is 85.6 Å². The van der Waals surface area contributed by atoms with Gasteiger partial charge < -0.3 is 15.0 Å². The van der Waals surface area contributed by atoms with E-state index in [0.29, 0.717) is 5.92 Å². The first-order valence-electron chi connectivity index (χ1n) is 13.6. The third-order valence-corrected chi connectivity index (χ3v) is 8.11. The van der Waals surface area contributed by atoms with Gasteiger partial charge in [0.15, 0.2) is 0 Å². The number of carbonyl (C=O) groups is 1. The minimum atomic E-state index is -0.406. The van der Waals surface area contributed by atoms with Crippen molar-refractivity contribution in [3.63, 3.8) is 0 Å². The van der Waals surface area contributed by atoms with Crippen molar-refractivity contribution in [1.82, 2.24) is 14.9 Å². The van der Waals surface area contributed by atoms with E-state index in [1.807, 2.05) is 42.7 Å². The largest absolute Gasteiger partial charge is 0.394 e. The molecule has 0 bridgehead atoms. The number of nitrogens with one attached hydrogen (secondary N) is 1. The molecule has 5 heteroatoms. The molecule has 5 nitrogen and oxygen atoms in total. The Morgan fingerprint density at radius 3 is 2.34 bits per heavy atom. The van der Waals surface area contributed by atoms with Crippen LogP contribution in [0.2, 0.25) is 0 Å². The van der Waals surface area contributed by atoms with E-state index in [-0.39, 0.29) is 18.4 Å². The number of nitrogens with zero attached hydrogens (tertiary/aromatic N) is 2. The van der Waals surface area contributed by atoms with Crippen LogP contribution in [0.25, 0.3) is 21.8 Å². The average Bonchev–Trinajstić information content (AvgIpc) is 3.61. The van der Waals surface area contributed by atoms with E-state index in [2.05, 4.69) is 69.5 Å². The van der Waals surface area contributed by atoms with Crippen LogP contribution in [0.1, 0.15) is 54.3 Å². The second-order valence-corrected chi connectivity index (χ2v) is 10.4. The Balaban J connectivity index is 1.28. The summed E-state index contributed by atoms with van der Waals surface area (Å²) in [5, 5.41) is 15.6. The number of hydrogen-bond acceptors (Lipinski definition) is 3. The third-order valence-electron chi connectivity index (χ3n) is 8.11. The number of fused-ring (bicyclic) bond motifs is 3. The van der Waals surface area contributed by atoms with Crippen molar-refractivity contribution in [3.05, 3.63) is 114 Å². The van der Waals surface area contributed by atoms with E-state index in [4.69, 9.17) is 0 Å². The number of carbonyl (C=O) groups excluding carboxylic acids is 1. The van der Waals surface area contributed by atoms with Crippen LogP contribution in [0.4, 0.5) is 0 Å². The van der Waals surface area contributed by atoms with Crippen molar-refractivity contribution in [3.8, 4) is 0 Å². The maximum atomic E-state index is 13.7. The van der Waals surface area contributed by atoms with Gasteiger partial charge in [0.1, 0.15) is 0 Å². The molecule has 1 saturated carbocycles. The fraction of sp³-hybridized carbons (Fsp3) is 0.273. The molecule has 6 rings (SSSR count). The highest BCUT2D eigenvalue weighted by atomic mass is 16.3. The fourth-order valence-corrected chi connectivity index (χ4v) is 6.19. The molecule has 1 amide bonds. The lowest BCUT2D eigenvalue weighted by molar-refractivity contribution is -0.124. The number of amides is 1. The lowest BCUT2D eigenvalue weighted by Gasteiger charge is -2.26. The Hall–Kier alpha value is -3.96. The molecule has 5 aromatic rings. The first kappa shape index (κ1) is 24.4. The molecular weight excluding hydrogens is 470 g/mol. The molecule has 0 radical (unpaired) electrons. The lowest BCUT2D eigenvalue weighted by atomic mass is 9.83. The van der Waals surface area contributed by atoms with Crippen molar-refractivity contribution in [1.29, 1.82) is 0 Å². The van der Waals surface area contributed by atoms with Gasteiger partial charge >= 0.3 is 0 Å². The lowest BCUT2D eigenvalue weighted by Crippen LogP contribution is -2.37. The van der Waals surface area contributed by atoms with Crippen LogP contribution < -0.4 is 5.32 Å². The molecule has 3 aromatic carbocycles. The van der Waals surface area contributed by atoms with Crippen LogP contribution in [0.5, 0.6) is 0 Å². The summed E-state index contributed by atoms with van der Waals surface area (Å²) >= 11 is 0. The number of aliphatic hydroxyl groups is 1. The van der Waals surface area contributed by atoms with Crippen LogP contribution in [-0.4, -0.2) is 27.2 Å². The Morgan fingerprint density at radius 2 is 1.58 bits per heavy atom. The van der Waals surface area contributed by atoms with Gasteiger partial charge in [-0.3, -0.25) is 9.78 Å². The van der Waals surface area contributed by atoms with Gasteiger partial charge in [-0.2, -0.15) is 0 Å². The normalized spacial score (nSPS) is 15.6. The highest BCUT2D eigenvalue weighted by Gasteiger charge is 2.33. The number of aromatic nitrogens is 2. The molecule has 2 heterocycles. The van der Waals surface area contributed by atoms with Crippen molar-refractivity contribution >= 4 is 27.7 Å². The molecule has 2 unspecified atom stereocenters. The van der Waals surface area contributed by atoms with Crippen molar-refractivity contribution < 1.29 is 9.90 Å². The Labute approximate surface area is 223 Å². The second kappa shape index (κ2) is 10.8. The molecule has 2 atom stereocenters. The van der Waals surface area contributed by atoms with Gasteiger partial charge in [0.2, 0.25) is 5.91 Å². The van der Waals surface area contributed by atoms with E-state index in [9.17, 15) is 9.90 Å². The molecule has 2 aromatic heterocycles. The van der Waals surface area contributed by atoms with Crippen molar-refractivity contribution in [2.24, 2.45) is 5.92 Å².